The lowest BCUT2D eigenvalue weighted by molar-refractivity contribution is -0.385. The summed E-state index contributed by atoms with van der Waals surface area (Å²) in [5.74, 6) is -2.07. The van der Waals surface area contributed by atoms with Gasteiger partial charge in [-0.3, -0.25) is 14.9 Å². The van der Waals surface area contributed by atoms with Crippen LogP contribution in [0.3, 0.4) is 0 Å². The first-order valence-electron chi connectivity index (χ1n) is 6.58. The number of carbonyl (C=O) groups excluding carboxylic acids is 1. The molecule has 0 fully saturated rings. The van der Waals surface area contributed by atoms with Crippen molar-refractivity contribution < 1.29 is 19.6 Å². The van der Waals surface area contributed by atoms with Crippen molar-refractivity contribution in [3.63, 3.8) is 0 Å². The van der Waals surface area contributed by atoms with Crippen molar-refractivity contribution >= 4 is 17.6 Å². The minimum Gasteiger partial charge on any atom is -0.480 e. The maximum absolute atomic E-state index is 12.0. The predicted molar refractivity (Wildman–Crippen MR) is 76.2 cm³/mol. The van der Waals surface area contributed by atoms with Crippen molar-refractivity contribution in [2.75, 3.05) is 0 Å². The zero-order valence-corrected chi connectivity index (χ0v) is 12.1. The average Bonchev–Trinajstić information content (AvgIpc) is 2.42. The number of benzene rings is 1. The number of amides is 1. The molecule has 21 heavy (non-hydrogen) atoms. The molecule has 2 N–H and O–H groups in total. The van der Waals surface area contributed by atoms with Crippen LogP contribution in [0, 0.1) is 16.0 Å². The van der Waals surface area contributed by atoms with Crippen LogP contribution in [0.2, 0.25) is 0 Å². The Morgan fingerprint density at radius 3 is 2.43 bits per heavy atom. The van der Waals surface area contributed by atoms with Gasteiger partial charge in [0, 0.05) is 17.2 Å². The van der Waals surface area contributed by atoms with Gasteiger partial charge in [-0.2, -0.15) is 0 Å². The zero-order chi connectivity index (χ0) is 16.2. The highest BCUT2D eigenvalue weighted by Gasteiger charge is 2.25. The topological polar surface area (TPSA) is 110 Å². The number of carbonyl (C=O) groups is 2. The zero-order valence-electron chi connectivity index (χ0n) is 12.1. The van der Waals surface area contributed by atoms with Gasteiger partial charge in [0.1, 0.15) is 6.04 Å². The van der Waals surface area contributed by atoms with Crippen molar-refractivity contribution in [2.45, 2.75) is 33.2 Å². The number of carboxylic acid groups (broad SMARTS) is 1. The second-order valence-electron chi connectivity index (χ2n) is 4.99. The normalized spacial score (nSPS) is 12.0. The van der Waals surface area contributed by atoms with Crippen LogP contribution in [-0.4, -0.2) is 27.9 Å². The van der Waals surface area contributed by atoms with E-state index in [1.54, 1.807) is 20.8 Å². The number of nitro benzene ring substituents is 1. The average molecular weight is 294 g/mol. The van der Waals surface area contributed by atoms with Gasteiger partial charge in [-0.25, -0.2) is 4.79 Å². The van der Waals surface area contributed by atoms with Crippen LogP contribution < -0.4 is 5.32 Å². The third kappa shape index (κ3) is 4.01. The Labute approximate surface area is 122 Å². The third-order valence-corrected chi connectivity index (χ3v) is 3.14. The number of aryl methyl sites for hydroxylation is 1. The highest BCUT2D eigenvalue weighted by Crippen LogP contribution is 2.21. The first-order valence-corrected chi connectivity index (χ1v) is 6.58. The van der Waals surface area contributed by atoms with Gasteiger partial charge in [-0.05, 0) is 18.4 Å². The van der Waals surface area contributed by atoms with Crippen LogP contribution in [-0.2, 0) is 11.2 Å². The summed E-state index contributed by atoms with van der Waals surface area (Å²) in [6.45, 7) is 5.12. The van der Waals surface area contributed by atoms with E-state index in [1.165, 1.54) is 18.2 Å². The summed E-state index contributed by atoms with van der Waals surface area (Å²) in [6.07, 6.45) is 0.474. The summed E-state index contributed by atoms with van der Waals surface area (Å²) in [7, 11) is 0. The summed E-state index contributed by atoms with van der Waals surface area (Å²) in [5.41, 5.74) is 0.461. The van der Waals surface area contributed by atoms with Gasteiger partial charge in [0.15, 0.2) is 0 Å². The summed E-state index contributed by atoms with van der Waals surface area (Å²) >= 11 is 0. The molecule has 0 spiro atoms. The maximum Gasteiger partial charge on any atom is 0.326 e. The largest absolute Gasteiger partial charge is 0.480 e. The molecule has 0 aliphatic heterocycles. The van der Waals surface area contributed by atoms with E-state index in [0.29, 0.717) is 12.0 Å². The van der Waals surface area contributed by atoms with Crippen molar-refractivity contribution in [2.24, 2.45) is 5.92 Å². The monoisotopic (exact) mass is 294 g/mol. The predicted octanol–water partition coefficient (Wildman–Crippen LogP) is 2.00. The molecule has 114 valence electrons. The van der Waals surface area contributed by atoms with Gasteiger partial charge in [0.05, 0.1) is 4.92 Å². The number of nitro groups is 1. The molecule has 0 aliphatic rings. The van der Waals surface area contributed by atoms with Crippen LogP contribution in [0.4, 0.5) is 5.69 Å². The molecule has 1 atom stereocenters. The molecule has 1 aromatic rings. The Kier molecular flexibility index (Phi) is 5.40. The van der Waals surface area contributed by atoms with Crippen molar-refractivity contribution in [1.82, 2.24) is 5.32 Å². The molecule has 0 heterocycles. The number of hydrogen-bond acceptors (Lipinski definition) is 4. The number of rotatable bonds is 6. The molecule has 1 aromatic carbocycles. The molecule has 0 radical (unpaired) electrons. The van der Waals surface area contributed by atoms with Crippen molar-refractivity contribution in [3.05, 3.63) is 39.4 Å². The van der Waals surface area contributed by atoms with E-state index < -0.39 is 22.8 Å². The number of carboxylic acids is 1. The molecule has 1 amide bonds. The molecular formula is C14H18N2O5. The summed E-state index contributed by atoms with van der Waals surface area (Å²) in [6, 6.07) is 3.11. The number of nitrogens with zero attached hydrogens (tertiary/aromatic N) is 1. The molecule has 7 nitrogen and oxygen atoms in total. The van der Waals surface area contributed by atoms with Gasteiger partial charge in [-0.1, -0.05) is 26.8 Å². The highest BCUT2D eigenvalue weighted by molar-refractivity contribution is 5.97. The summed E-state index contributed by atoms with van der Waals surface area (Å²) < 4.78 is 0. The van der Waals surface area contributed by atoms with Crippen LogP contribution in [0.15, 0.2) is 18.2 Å². The van der Waals surface area contributed by atoms with E-state index in [9.17, 15) is 19.7 Å². The third-order valence-electron chi connectivity index (χ3n) is 3.14. The number of aliphatic carboxylic acids is 1. The first-order chi connectivity index (χ1) is 9.77. The van der Waals surface area contributed by atoms with Gasteiger partial charge >= 0.3 is 5.97 Å². The second kappa shape index (κ2) is 6.83. The van der Waals surface area contributed by atoms with Crippen LogP contribution in [0.5, 0.6) is 0 Å². The molecular weight excluding hydrogens is 276 g/mol. The Hall–Kier alpha value is -2.44. The minimum absolute atomic E-state index is 0.0748. The van der Waals surface area contributed by atoms with E-state index in [2.05, 4.69) is 5.32 Å². The highest BCUT2D eigenvalue weighted by atomic mass is 16.6. The fourth-order valence-electron chi connectivity index (χ4n) is 1.91. The van der Waals surface area contributed by atoms with Crippen LogP contribution in [0.25, 0.3) is 0 Å². The molecule has 0 aromatic heterocycles. The summed E-state index contributed by atoms with van der Waals surface area (Å²) in [4.78, 5) is 33.5. The van der Waals surface area contributed by atoms with Crippen molar-refractivity contribution in [3.8, 4) is 0 Å². The molecule has 0 aliphatic carbocycles. The van der Waals surface area contributed by atoms with E-state index in [0.717, 1.165) is 0 Å². The Morgan fingerprint density at radius 1 is 1.38 bits per heavy atom. The van der Waals surface area contributed by atoms with Crippen molar-refractivity contribution in [1.29, 1.82) is 0 Å². The van der Waals surface area contributed by atoms with E-state index in [1.807, 2.05) is 0 Å². The number of nitrogens with one attached hydrogen (secondary N) is 1. The first kappa shape index (κ1) is 16.6. The minimum atomic E-state index is -1.14. The van der Waals surface area contributed by atoms with Gasteiger partial charge in [-0.15, -0.1) is 0 Å². The lowest BCUT2D eigenvalue weighted by Crippen LogP contribution is -2.44. The molecule has 0 unspecified atom stereocenters. The fourth-order valence-corrected chi connectivity index (χ4v) is 1.91. The van der Waals surface area contributed by atoms with Crippen LogP contribution in [0.1, 0.15) is 36.7 Å². The quantitative estimate of drug-likeness (QED) is 0.616. The molecule has 0 saturated carbocycles. The second-order valence-corrected chi connectivity index (χ2v) is 4.99. The summed E-state index contributed by atoms with van der Waals surface area (Å²) in [5, 5.41) is 22.4. The maximum atomic E-state index is 12.0. The van der Waals surface area contributed by atoms with E-state index >= 15 is 0 Å². The van der Waals surface area contributed by atoms with Crippen LogP contribution >= 0.6 is 0 Å². The van der Waals surface area contributed by atoms with Gasteiger partial charge in [0.2, 0.25) is 0 Å². The lowest BCUT2D eigenvalue weighted by atomic mass is 10.0. The standard InChI is InChI=1S/C14H18N2O5/c1-4-9-5-6-10(7-11(9)16(20)21)13(17)15-12(8(2)3)14(18)19/h5-8,12H,4H2,1-3H3,(H,15,17)(H,18,19)/t12-/m1/s1. The Bertz CT molecular complexity index is 568. The van der Waals surface area contributed by atoms with E-state index in [-0.39, 0.29) is 17.2 Å². The lowest BCUT2D eigenvalue weighted by Gasteiger charge is -2.17. The molecule has 1 rings (SSSR count). The molecule has 7 heteroatoms. The van der Waals surface area contributed by atoms with Gasteiger partial charge < -0.3 is 10.4 Å². The van der Waals surface area contributed by atoms with Gasteiger partial charge in [0.25, 0.3) is 11.6 Å². The number of hydrogen-bond donors (Lipinski definition) is 2. The Balaban J connectivity index is 3.05. The molecule has 0 bridgehead atoms. The SMILES string of the molecule is CCc1ccc(C(=O)N[C@@H](C(=O)O)C(C)C)cc1[N+](=O)[O-]. The Morgan fingerprint density at radius 2 is 2.00 bits per heavy atom. The fraction of sp³-hybridized carbons (Fsp3) is 0.429. The smallest absolute Gasteiger partial charge is 0.326 e. The molecule has 0 saturated heterocycles. The van der Waals surface area contributed by atoms with E-state index in [4.69, 9.17) is 5.11 Å².